The molecular weight excluding hydrogens is 267 g/mol. The molecule has 0 fully saturated rings. The Morgan fingerprint density at radius 1 is 0.800 bits per heavy atom. The van der Waals surface area contributed by atoms with Gasteiger partial charge in [-0.05, 0) is 0 Å². The first kappa shape index (κ1) is 13.0. The number of rotatable bonds is 4. The molecule has 0 bridgehead atoms. The van der Waals surface area contributed by atoms with E-state index in [1.165, 1.54) is 0 Å². The molecule has 0 atom stereocenters. The van der Waals surface area contributed by atoms with Gasteiger partial charge in [-0.1, -0.05) is 0 Å². The van der Waals surface area contributed by atoms with E-state index in [-0.39, 0.29) is 0 Å². The van der Waals surface area contributed by atoms with Crippen LogP contribution < -0.4 is 0 Å². The first-order chi connectivity index (χ1) is 6.57. The summed E-state index contributed by atoms with van der Waals surface area (Å²) in [4.78, 5) is 32.4. The molecule has 0 radical (unpaired) electrons. The Kier molecular flexibility index (Phi) is 2.84. The molecule has 0 heterocycles. The molecule has 0 aliphatic rings. The summed E-state index contributed by atoms with van der Waals surface area (Å²) in [6, 6.07) is 0. The summed E-state index contributed by atoms with van der Waals surface area (Å²) in [5, 5.41) is 32.8. The van der Waals surface area contributed by atoms with E-state index in [2.05, 4.69) is 3.85 Å². The first-order valence-electron chi connectivity index (χ1n) is 2.69. The number of hydrogen-bond acceptors (Lipinski definition) is 6. The van der Waals surface area contributed by atoms with Crippen LogP contribution in [0.5, 0.6) is 0 Å². The summed E-state index contributed by atoms with van der Waals surface area (Å²) < 4.78 is 14.4. The van der Waals surface area contributed by atoms with Crippen molar-refractivity contribution in [2.24, 2.45) is 0 Å². The Hall–Kier alpha value is -2.01. The van der Waals surface area contributed by atoms with E-state index in [9.17, 15) is 23.0 Å². The molecule has 0 saturated heterocycles. The van der Waals surface area contributed by atoms with E-state index in [1.807, 2.05) is 0 Å². The first-order valence-corrected chi connectivity index (χ1v) is 5.10. The SMILES string of the molecule is O=C(O)[O][Co](=[O])([C](=O)O)([C](=O)O)[C](=O)O. The molecule has 11 heteroatoms. The van der Waals surface area contributed by atoms with Gasteiger partial charge in [0.15, 0.2) is 0 Å². The fourth-order valence-electron chi connectivity index (χ4n) is 0.381. The molecule has 0 aromatic heterocycles. The zero-order valence-corrected chi connectivity index (χ0v) is 7.61. The van der Waals surface area contributed by atoms with E-state index in [0.29, 0.717) is 0 Å². The fourth-order valence-corrected chi connectivity index (χ4v) is 1.57. The van der Waals surface area contributed by atoms with E-state index < -0.39 is 32.7 Å². The van der Waals surface area contributed by atoms with Crippen LogP contribution >= 0.6 is 0 Å². The van der Waals surface area contributed by atoms with Crippen molar-refractivity contribution in [3.05, 3.63) is 0 Å². The van der Waals surface area contributed by atoms with Crippen LogP contribution in [0.1, 0.15) is 0 Å². The summed E-state index contributed by atoms with van der Waals surface area (Å²) in [5.41, 5.74) is 0. The van der Waals surface area contributed by atoms with Crippen LogP contribution in [0.4, 0.5) is 19.2 Å². The van der Waals surface area contributed by atoms with Gasteiger partial charge in [0.25, 0.3) is 0 Å². The topological polar surface area (TPSA) is 175 Å². The normalized spacial score (nSPS) is 13.2. The van der Waals surface area contributed by atoms with Crippen molar-refractivity contribution in [1.82, 2.24) is 0 Å². The minimum absolute atomic E-state index is 2.59. The summed E-state index contributed by atoms with van der Waals surface area (Å²) >= 11 is -7.16. The van der Waals surface area contributed by atoms with Crippen molar-refractivity contribution in [3.63, 3.8) is 0 Å². The van der Waals surface area contributed by atoms with Gasteiger partial charge in [-0.2, -0.15) is 0 Å². The second-order valence-electron chi connectivity index (χ2n) is 1.75. The Labute approximate surface area is 80.7 Å². The van der Waals surface area contributed by atoms with Gasteiger partial charge in [-0.25, -0.2) is 0 Å². The quantitative estimate of drug-likeness (QED) is 0.567. The van der Waals surface area contributed by atoms with Crippen molar-refractivity contribution < 1.29 is 59.1 Å². The zero-order chi connectivity index (χ0) is 12.5. The predicted molar refractivity (Wildman–Crippen MR) is 33.9 cm³/mol. The van der Waals surface area contributed by atoms with Crippen molar-refractivity contribution >= 4 is 20.9 Å². The molecule has 0 aromatic carbocycles. The van der Waals surface area contributed by atoms with E-state index in [1.54, 1.807) is 0 Å². The minimum atomic E-state index is -7.16. The number of hydrogen-bond donors (Lipinski definition) is 4. The Bertz CT molecular complexity index is 372. The van der Waals surface area contributed by atoms with Crippen molar-refractivity contribution in [2.75, 3.05) is 0 Å². The molecule has 0 amide bonds. The standard InChI is InChI=1S/CH2O3.3CHO2.Co.O/c2-1(3)4;3*2-1-3;;/h(H2,2,3,4);3*(H,2,3);;/q;;;;+1;/p-1. The zero-order valence-electron chi connectivity index (χ0n) is 6.57. The van der Waals surface area contributed by atoms with Gasteiger partial charge < -0.3 is 0 Å². The molecular formula is C4H4CoO10. The summed E-state index contributed by atoms with van der Waals surface area (Å²) in [5.74, 6) is 0. The molecule has 0 unspecified atom stereocenters. The van der Waals surface area contributed by atoms with Crippen LogP contribution in [0.3, 0.4) is 0 Å². The molecule has 0 aromatic rings. The monoisotopic (exact) mass is 271 g/mol. The summed E-state index contributed by atoms with van der Waals surface area (Å²) in [7, 11) is 0. The molecule has 10 nitrogen and oxygen atoms in total. The van der Waals surface area contributed by atoms with Crippen LogP contribution in [0.15, 0.2) is 0 Å². The van der Waals surface area contributed by atoms with E-state index in [4.69, 9.17) is 20.4 Å². The Morgan fingerprint density at radius 2 is 1.07 bits per heavy atom. The molecule has 4 N–H and O–H groups in total. The van der Waals surface area contributed by atoms with Gasteiger partial charge in [0.2, 0.25) is 0 Å². The van der Waals surface area contributed by atoms with Crippen LogP contribution in [-0.2, 0) is 19.5 Å². The third kappa shape index (κ3) is 1.53. The summed E-state index contributed by atoms with van der Waals surface area (Å²) in [6.07, 6.45) is -2.59. The second kappa shape index (κ2) is 3.28. The van der Waals surface area contributed by atoms with Crippen LogP contribution in [-0.4, -0.2) is 41.3 Å². The number of carbonyl (C=O) groups is 4. The molecule has 0 rings (SSSR count). The van der Waals surface area contributed by atoms with Gasteiger partial charge in [0.1, 0.15) is 0 Å². The molecule has 0 saturated carbocycles. The maximum absolute atomic E-state index is 11.3. The van der Waals surface area contributed by atoms with E-state index in [0.717, 1.165) is 0 Å². The van der Waals surface area contributed by atoms with Crippen molar-refractivity contribution in [3.8, 4) is 0 Å². The molecule has 0 aliphatic heterocycles. The van der Waals surface area contributed by atoms with Gasteiger partial charge in [-0.15, -0.1) is 0 Å². The Morgan fingerprint density at radius 3 is 1.13 bits per heavy atom. The van der Waals surface area contributed by atoms with Gasteiger partial charge in [-0.3, -0.25) is 0 Å². The van der Waals surface area contributed by atoms with Gasteiger partial charge in [0, 0.05) is 0 Å². The van der Waals surface area contributed by atoms with Crippen LogP contribution in [0.2, 0.25) is 0 Å². The average Bonchev–Trinajstić information content (AvgIpc) is 2.01. The van der Waals surface area contributed by atoms with Crippen molar-refractivity contribution in [1.29, 1.82) is 0 Å². The molecule has 0 spiro atoms. The maximum atomic E-state index is 11.3. The second-order valence-corrected chi connectivity index (χ2v) is 5.53. The van der Waals surface area contributed by atoms with Crippen LogP contribution in [0, 0.1) is 0 Å². The third-order valence-corrected chi connectivity index (χ3v) is 3.98. The van der Waals surface area contributed by atoms with Gasteiger partial charge >= 0.3 is 80.0 Å². The molecule has 89 valence electrons. The average molecular weight is 271 g/mol. The van der Waals surface area contributed by atoms with Crippen LogP contribution in [0.25, 0.3) is 0 Å². The third-order valence-electron chi connectivity index (χ3n) is 0.965. The van der Waals surface area contributed by atoms with Gasteiger partial charge in [0.05, 0.1) is 0 Å². The number of carboxylic acid groups (broad SMARTS) is 4. The fraction of sp³-hybridized carbons (Fsp3) is 0. The summed E-state index contributed by atoms with van der Waals surface area (Å²) in [6.45, 7) is 0. The van der Waals surface area contributed by atoms with E-state index >= 15 is 0 Å². The van der Waals surface area contributed by atoms with Crippen molar-refractivity contribution in [2.45, 2.75) is 0 Å². The molecule has 0 aliphatic carbocycles. The predicted octanol–water partition coefficient (Wildman–Crippen LogP) is 0.665. The molecule has 15 heavy (non-hydrogen) atoms. The Balaban J connectivity index is 6.07.